The summed E-state index contributed by atoms with van der Waals surface area (Å²) >= 11 is 5.45. The number of ether oxygens (including phenoxy) is 1. The van der Waals surface area contributed by atoms with E-state index in [-0.39, 0.29) is 12.4 Å². The number of para-hydroxylation sites is 2. The second-order valence-corrected chi connectivity index (χ2v) is 5.76. The van der Waals surface area contributed by atoms with Crippen molar-refractivity contribution in [2.24, 2.45) is 5.73 Å². The van der Waals surface area contributed by atoms with E-state index in [0.717, 1.165) is 11.3 Å². The van der Waals surface area contributed by atoms with Crippen molar-refractivity contribution in [2.75, 3.05) is 11.4 Å². The number of fused-ring (bicyclic) bond motifs is 1. The Morgan fingerprint density at radius 3 is 2.71 bits per heavy atom. The largest absolute Gasteiger partial charge is 0.477 e. The standard InChI is InChI=1S/C17H16FN3O2S/c18-12-7-5-11(6-8-12)9-20-17(24)21-10-15(16(19)22)23-14-4-2-1-3-13(14)21/h1-8,15H,9-10H2,(H2,19,22)(H,20,24). The number of carbonyl (C=O) groups is 1. The molecule has 1 atom stereocenters. The predicted octanol–water partition coefficient (Wildman–Crippen LogP) is 1.95. The molecule has 2 aromatic rings. The van der Waals surface area contributed by atoms with Gasteiger partial charge in [0.15, 0.2) is 11.2 Å². The maximum Gasteiger partial charge on any atom is 0.260 e. The summed E-state index contributed by atoms with van der Waals surface area (Å²) in [5.74, 6) is -0.276. The van der Waals surface area contributed by atoms with Crippen LogP contribution in [-0.2, 0) is 11.3 Å². The van der Waals surface area contributed by atoms with Crippen molar-refractivity contribution in [2.45, 2.75) is 12.6 Å². The van der Waals surface area contributed by atoms with Gasteiger partial charge in [-0.25, -0.2) is 4.39 Å². The van der Waals surface area contributed by atoms with Gasteiger partial charge in [0.25, 0.3) is 5.91 Å². The summed E-state index contributed by atoms with van der Waals surface area (Å²) in [6.45, 7) is 0.682. The smallest absolute Gasteiger partial charge is 0.260 e. The molecule has 0 bridgehead atoms. The third kappa shape index (κ3) is 3.46. The molecule has 1 unspecified atom stereocenters. The van der Waals surface area contributed by atoms with Crippen LogP contribution >= 0.6 is 12.2 Å². The zero-order valence-electron chi connectivity index (χ0n) is 12.7. The summed E-state index contributed by atoms with van der Waals surface area (Å²) in [7, 11) is 0. The van der Waals surface area contributed by atoms with Crippen molar-refractivity contribution >= 4 is 28.9 Å². The van der Waals surface area contributed by atoms with Crippen molar-refractivity contribution in [3.05, 3.63) is 59.9 Å². The third-order valence-electron chi connectivity index (χ3n) is 3.69. The van der Waals surface area contributed by atoms with Crippen molar-refractivity contribution in [3.8, 4) is 5.75 Å². The van der Waals surface area contributed by atoms with Gasteiger partial charge in [-0.05, 0) is 42.0 Å². The predicted molar refractivity (Wildman–Crippen MR) is 93.2 cm³/mol. The first-order valence-corrected chi connectivity index (χ1v) is 7.80. The van der Waals surface area contributed by atoms with Crippen LogP contribution in [0.15, 0.2) is 48.5 Å². The molecule has 0 aliphatic carbocycles. The molecule has 0 saturated heterocycles. The highest BCUT2D eigenvalue weighted by atomic mass is 32.1. The number of nitrogens with zero attached hydrogens (tertiary/aromatic N) is 1. The summed E-state index contributed by atoms with van der Waals surface area (Å²) in [5.41, 5.74) is 7.04. The Kier molecular flexibility index (Phi) is 4.61. The SMILES string of the molecule is NC(=O)C1CN(C(=S)NCc2ccc(F)cc2)c2ccccc2O1. The Bertz CT molecular complexity index is 767. The van der Waals surface area contributed by atoms with Crippen molar-refractivity contribution < 1.29 is 13.9 Å². The highest BCUT2D eigenvalue weighted by Gasteiger charge is 2.31. The van der Waals surface area contributed by atoms with Gasteiger partial charge >= 0.3 is 0 Å². The number of halogens is 1. The Labute approximate surface area is 144 Å². The van der Waals surface area contributed by atoms with Crippen LogP contribution in [0.1, 0.15) is 5.56 Å². The molecule has 0 fully saturated rings. The van der Waals surface area contributed by atoms with Gasteiger partial charge in [0.2, 0.25) is 0 Å². The van der Waals surface area contributed by atoms with Gasteiger partial charge in [-0.1, -0.05) is 24.3 Å². The maximum atomic E-state index is 12.9. The Morgan fingerprint density at radius 2 is 2.00 bits per heavy atom. The summed E-state index contributed by atoms with van der Waals surface area (Å²) in [5, 5.41) is 3.56. The van der Waals surface area contributed by atoms with Crippen LogP contribution in [0.3, 0.4) is 0 Å². The van der Waals surface area contributed by atoms with Crippen molar-refractivity contribution in [1.29, 1.82) is 0 Å². The zero-order chi connectivity index (χ0) is 17.1. The van der Waals surface area contributed by atoms with E-state index >= 15 is 0 Å². The first-order chi connectivity index (χ1) is 11.5. The molecule has 7 heteroatoms. The minimum absolute atomic E-state index is 0.238. The number of hydrogen-bond donors (Lipinski definition) is 2. The van der Waals surface area contributed by atoms with E-state index in [0.29, 0.717) is 17.4 Å². The Balaban J connectivity index is 1.75. The molecular formula is C17H16FN3O2S. The molecule has 0 aromatic heterocycles. The van der Waals surface area contributed by atoms with Gasteiger partial charge < -0.3 is 20.7 Å². The number of primary amides is 1. The lowest BCUT2D eigenvalue weighted by atomic mass is 10.2. The fourth-order valence-corrected chi connectivity index (χ4v) is 2.70. The van der Waals surface area contributed by atoms with Gasteiger partial charge in [-0.15, -0.1) is 0 Å². The van der Waals surface area contributed by atoms with Gasteiger partial charge in [-0.2, -0.15) is 0 Å². The van der Waals surface area contributed by atoms with Crippen LogP contribution in [0.2, 0.25) is 0 Å². The fraction of sp³-hybridized carbons (Fsp3) is 0.176. The van der Waals surface area contributed by atoms with Crippen LogP contribution in [0.25, 0.3) is 0 Å². The number of nitrogens with one attached hydrogen (secondary N) is 1. The van der Waals surface area contributed by atoms with Crippen LogP contribution in [0, 0.1) is 5.82 Å². The monoisotopic (exact) mass is 345 g/mol. The van der Waals surface area contributed by atoms with Crippen LogP contribution in [0.5, 0.6) is 5.75 Å². The summed E-state index contributed by atoms with van der Waals surface area (Å²) in [6, 6.07) is 13.5. The van der Waals surface area contributed by atoms with E-state index in [4.69, 9.17) is 22.7 Å². The zero-order valence-corrected chi connectivity index (χ0v) is 13.6. The molecule has 2 aromatic carbocycles. The van der Waals surface area contributed by atoms with E-state index in [1.165, 1.54) is 12.1 Å². The quantitative estimate of drug-likeness (QED) is 0.833. The van der Waals surface area contributed by atoms with E-state index in [1.807, 2.05) is 18.2 Å². The molecule has 1 heterocycles. The molecule has 3 rings (SSSR count). The maximum absolute atomic E-state index is 12.9. The number of nitrogens with two attached hydrogens (primary N) is 1. The molecule has 1 aliphatic rings. The van der Waals surface area contributed by atoms with Crippen LogP contribution in [-0.4, -0.2) is 23.7 Å². The van der Waals surface area contributed by atoms with E-state index < -0.39 is 12.0 Å². The minimum atomic E-state index is -0.773. The number of thiocarbonyl (C=S) groups is 1. The summed E-state index contributed by atoms with van der Waals surface area (Å²) in [6.07, 6.45) is -0.773. The average Bonchev–Trinajstić information content (AvgIpc) is 2.60. The molecule has 0 spiro atoms. The van der Waals surface area contributed by atoms with Gasteiger partial charge in [0, 0.05) is 6.54 Å². The molecular weight excluding hydrogens is 329 g/mol. The lowest BCUT2D eigenvalue weighted by Gasteiger charge is -2.35. The average molecular weight is 345 g/mol. The second kappa shape index (κ2) is 6.84. The highest BCUT2D eigenvalue weighted by Crippen LogP contribution is 2.33. The number of benzene rings is 2. The summed E-state index contributed by atoms with van der Waals surface area (Å²) < 4.78 is 18.6. The number of amides is 1. The van der Waals surface area contributed by atoms with E-state index in [1.54, 1.807) is 23.1 Å². The van der Waals surface area contributed by atoms with E-state index in [9.17, 15) is 9.18 Å². The number of rotatable bonds is 3. The van der Waals surface area contributed by atoms with Crippen molar-refractivity contribution in [3.63, 3.8) is 0 Å². The third-order valence-corrected chi connectivity index (χ3v) is 4.06. The molecule has 0 radical (unpaired) electrons. The van der Waals surface area contributed by atoms with Gasteiger partial charge in [0.1, 0.15) is 11.6 Å². The van der Waals surface area contributed by atoms with Crippen molar-refractivity contribution in [1.82, 2.24) is 5.32 Å². The lowest BCUT2D eigenvalue weighted by Crippen LogP contribution is -2.51. The van der Waals surface area contributed by atoms with Gasteiger partial charge in [0.05, 0.1) is 12.2 Å². The molecule has 5 nitrogen and oxygen atoms in total. The molecule has 3 N–H and O–H groups in total. The number of anilines is 1. The fourth-order valence-electron chi connectivity index (χ4n) is 2.45. The molecule has 124 valence electrons. The topological polar surface area (TPSA) is 67.6 Å². The minimum Gasteiger partial charge on any atom is -0.477 e. The van der Waals surface area contributed by atoms with E-state index in [2.05, 4.69) is 5.32 Å². The number of carbonyl (C=O) groups excluding carboxylic acids is 1. The number of hydrogen-bond acceptors (Lipinski definition) is 3. The Morgan fingerprint density at radius 1 is 1.29 bits per heavy atom. The highest BCUT2D eigenvalue weighted by molar-refractivity contribution is 7.80. The first kappa shape index (κ1) is 16.2. The summed E-state index contributed by atoms with van der Waals surface area (Å²) in [4.78, 5) is 13.3. The van der Waals surface area contributed by atoms with Gasteiger partial charge in [-0.3, -0.25) is 4.79 Å². The lowest BCUT2D eigenvalue weighted by molar-refractivity contribution is -0.124. The first-order valence-electron chi connectivity index (χ1n) is 7.39. The second-order valence-electron chi connectivity index (χ2n) is 5.37. The normalized spacial score (nSPS) is 16.0. The molecule has 1 amide bonds. The Hall–Kier alpha value is -2.67. The molecule has 24 heavy (non-hydrogen) atoms. The van der Waals surface area contributed by atoms with Crippen LogP contribution < -0.4 is 20.7 Å². The van der Waals surface area contributed by atoms with Crippen LogP contribution in [0.4, 0.5) is 10.1 Å². The molecule has 1 aliphatic heterocycles. The molecule has 0 saturated carbocycles.